The number of nitrogens with zero attached hydrogens (tertiary/aromatic N) is 1. The summed E-state index contributed by atoms with van der Waals surface area (Å²) in [5, 5.41) is 4.04. The number of allylic oxidation sites excluding steroid dienone is 1. The van der Waals surface area contributed by atoms with Gasteiger partial charge in [-0.25, -0.2) is 4.79 Å². The van der Waals surface area contributed by atoms with Crippen LogP contribution in [0.25, 0.3) is 0 Å². The molecular weight excluding hydrogens is 282 g/mol. The molecule has 0 aliphatic heterocycles. The predicted molar refractivity (Wildman–Crippen MR) is 85.4 cm³/mol. The Kier molecular flexibility index (Phi) is 7.85. The molecule has 0 unspecified atom stereocenters. The van der Waals surface area contributed by atoms with Crippen molar-refractivity contribution in [2.75, 3.05) is 6.61 Å². The van der Waals surface area contributed by atoms with Gasteiger partial charge in [-0.1, -0.05) is 24.6 Å². The average Bonchev–Trinajstić information content (AvgIpc) is 2.52. The number of ether oxygens (including phenoxy) is 1. The van der Waals surface area contributed by atoms with E-state index in [9.17, 15) is 9.59 Å². The van der Waals surface area contributed by atoms with Gasteiger partial charge >= 0.3 is 11.9 Å². The van der Waals surface area contributed by atoms with Gasteiger partial charge in [0.05, 0.1) is 12.3 Å². The van der Waals surface area contributed by atoms with Gasteiger partial charge in [-0.2, -0.15) is 0 Å². The minimum Gasteiger partial charge on any atom is -0.465 e. The second-order valence-corrected chi connectivity index (χ2v) is 5.59. The Morgan fingerprint density at radius 3 is 2.77 bits per heavy atom. The highest BCUT2D eigenvalue weighted by atomic mass is 16.7. The van der Waals surface area contributed by atoms with Crippen molar-refractivity contribution < 1.29 is 19.2 Å². The third-order valence-electron chi connectivity index (χ3n) is 3.97. The van der Waals surface area contributed by atoms with Crippen LogP contribution in [0.1, 0.15) is 65.2 Å². The molecule has 1 saturated carbocycles. The summed E-state index contributed by atoms with van der Waals surface area (Å²) >= 11 is 0. The van der Waals surface area contributed by atoms with Crippen molar-refractivity contribution in [2.24, 2.45) is 10.6 Å². The third kappa shape index (κ3) is 4.68. The maximum absolute atomic E-state index is 12.5. The van der Waals surface area contributed by atoms with E-state index in [-0.39, 0.29) is 11.9 Å². The van der Waals surface area contributed by atoms with E-state index < -0.39 is 5.41 Å². The number of hydrogen-bond acceptors (Lipinski definition) is 5. The Bertz CT molecular complexity index is 430. The smallest absolute Gasteiger partial charge is 0.334 e. The normalized spacial score (nSPS) is 23.1. The van der Waals surface area contributed by atoms with Gasteiger partial charge < -0.3 is 9.57 Å². The molecular formula is C17H27NO4. The SMILES string of the molecule is C=CCC[C@@]1(C(=O)OCC)CCCC/C1=N\OC(=O)CCC. The highest BCUT2D eigenvalue weighted by Gasteiger charge is 2.46. The van der Waals surface area contributed by atoms with Crippen LogP contribution in [0.15, 0.2) is 17.8 Å². The summed E-state index contributed by atoms with van der Waals surface area (Å²) in [6.07, 6.45) is 7.35. The Balaban J connectivity index is 3.00. The second kappa shape index (κ2) is 9.38. The minimum atomic E-state index is -0.769. The molecule has 1 aliphatic rings. The van der Waals surface area contributed by atoms with Crippen LogP contribution in [0, 0.1) is 5.41 Å². The molecule has 0 amide bonds. The molecule has 0 aromatic carbocycles. The van der Waals surface area contributed by atoms with Gasteiger partial charge in [0.1, 0.15) is 5.41 Å². The molecule has 1 atom stereocenters. The Hall–Kier alpha value is -1.65. The van der Waals surface area contributed by atoms with Crippen LogP contribution in [0.5, 0.6) is 0 Å². The van der Waals surface area contributed by atoms with Crippen LogP contribution in [-0.2, 0) is 19.2 Å². The van der Waals surface area contributed by atoms with E-state index in [0.717, 1.165) is 12.8 Å². The molecule has 0 radical (unpaired) electrons. The van der Waals surface area contributed by atoms with E-state index in [1.54, 1.807) is 13.0 Å². The number of oxime groups is 1. The standard InChI is InChI=1S/C17H27NO4/c1-4-7-12-17(16(20)21-6-3)13-9-8-11-14(17)18-22-15(19)10-5-2/h4H,1,5-13H2,2-3H3/b18-14+/t17-/m1/s1. The number of carbonyl (C=O) groups excluding carboxylic acids is 2. The van der Waals surface area contributed by atoms with Gasteiger partial charge in [-0.05, 0) is 45.4 Å². The second-order valence-electron chi connectivity index (χ2n) is 5.59. The Labute approximate surface area is 132 Å². The van der Waals surface area contributed by atoms with Crippen molar-refractivity contribution >= 4 is 17.7 Å². The molecule has 1 fully saturated rings. The number of esters is 1. The molecule has 0 heterocycles. The quantitative estimate of drug-likeness (QED) is 0.296. The molecule has 1 rings (SSSR count). The van der Waals surface area contributed by atoms with Crippen LogP contribution < -0.4 is 0 Å². The zero-order valence-corrected chi connectivity index (χ0v) is 13.7. The summed E-state index contributed by atoms with van der Waals surface area (Å²) in [6, 6.07) is 0. The van der Waals surface area contributed by atoms with Crippen molar-refractivity contribution in [3.63, 3.8) is 0 Å². The van der Waals surface area contributed by atoms with E-state index in [0.29, 0.717) is 50.8 Å². The summed E-state index contributed by atoms with van der Waals surface area (Å²) in [7, 11) is 0. The maximum Gasteiger partial charge on any atom is 0.334 e. The zero-order valence-electron chi connectivity index (χ0n) is 13.7. The molecule has 0 N–H and O–H groups in total. The van der Waals surface area contributed by atoms with E-state index >= 15 is 0 Å². The fourth-order valence-electron chi connectivity index (χ4n) is 2.80. The van der Waals surface area contributed by atoms with Gasteiger partial charge in [-0.3, -0.25) is 4.79 Å². The topological polar surface area (TPSA) is 65.0 Å². The van der Waals surface area contributed by atoms with Crippen molar-refractivity contribution in [1.82, 2.24) is 0 Å². The van der Waals surface area contributed by atoms with Crippen LogP contribution in [-0.4, -0.2) is 24.3 Å². The summed E-state index contributed by atoms with van der Waals surface area (Å²) in [5.41, 5.74) is -0.127. The van der Waals surface area contributed by atoms with Gasteiger partial charge in [0.15, 0.2) is 0 Å². The molecule has 5 nitrogen and oxygen atoms in total. The van der Waals surface area contributed by atoms with Gasteiger partial charge in [0.2, 0.25) is 0 Å². The van der Waals surface area contributed by atoms with Gasteiger partial charge in [0.25, 0.3) is 0 Å². The van der Waals surface area contributed by atoms with Crippen molar-refractivity contribution in [1.29, 1.82) is 0 Å². The predicted octanol–water partition coefficient (Wildman–Crippen LogP) is 3.78. The molecule has 0 aromatic heterocycles. The highest BCUT2D eigenvalue weighted by molar-refractivity contribution is 6.07. The van der Waals surface area contributed by atoms with Crippen LogP contribution >= 0.6 is 0 Å². The number of carbonyl (C=O) groups is 2. The molecule has 124 valence electrons. The van der Waals surface area contributed by atoms with Gasteiger partial charge in [0, 0.05) is 6.42 Å². The first kappa shape index (κ1) is 18.4. The lowest BCUT2D eigenvalue weighted by atomic mass is 9.69. The lowest BCUT2D eigenvalue weighted by Gasteiger charge is -2.35. The lowest BCUT2D eigenvalue weighted by molar-refractivity contribution is -0.153. The highest BCUT2D eigenvalue weighted by Crippen LogP contribution is 2.40. The first-order valence-corrected chi connectivity index (χ1v) is 8.16. The van der Waals surface area contributed by atoms with Crippen LogP contribution in [0.3, 0.4) is 0 Å². The van der Waals surface area contributed by atoms with Crippen molar-refractivity contribution in [3.05, 3.63) is 12.7 Å². The molecule has 0 aromatic rings. The first-order valence-electron chi connectivity index (χ1n) is 8.16. The summed E-state index contributed by atoms with van der Waals surface area (Å²) < 4.78 is 5.27. The van der Waals surface area contributed by atoms with Crippen LogP contribution in [0.2, 0.25) is 0 Å². The molecule has 0 saturated heterocycles. The fraction of sp³-hybridized carbons (Fsp3) is 0.706. The van der Waals surface area contributed by atoms with Crippen molar-refractivity contribution in [2.45, 2.75) is 65.2 Å². The summed E-state index contributed by atoms with van der Waals surface area (Å²) in [4.78, 5) is 29.1. The molecule has 22 heavy (non-hydrogen) atoms. The molecule has 1 aliphatic carbocycles. The Morgan fingerprint density at radius 2 is 2.14 bits per heavy atom. The maximum atomic E-state index is 12.5. The number of hydrogen-bond donors (Lipinski definition) is 0. The lowest BCUT2D eigenvalue weighted by Crippen LogP contribution is -2.43. The van der Waals surface area contributed by atoms with Crippen molar-refractivity contribution in [3.8, 4) is 0 Å². The van der Waals surface area contributed by atoms with E-state index in [1.807, 2.05) is 6.92 Å². The van der Waals surface area contributed by atoms with E-state index in [4.69, 9.17) is 9.57 Å². The third-order valence-corrected chi connectivity index (χ3v) is 3.97. The fourth-order valence-corrected chi connectivity index (χ4v) is 2.80. The van der Waals surface area contributed by atoms with Crippen LogP contribution in [0.4, 0.5) is 0 Å². The first-order chi connectivity index (χ1) is 10.6. The average molecular weight is 309 g/mol. The molecule has 0 bridgehead atoms. The molecule has 5 heteroatoms. The van der Waals surface area contributed by atoms with E-state index in [2.05, 4.69) is 11.7 Å². The minimum absolute atomic E-state index is 0.262. The summed E-state index contributed by atoms with van der Waals surface area (Å²) in [5.74, 6) is -0.621. The van der Waals surface area contributed by atoms with E-state index in [1.165, 1.54) is 0 Å². The summed E-state index contributed by atoms with van der Waals surface area (Å²) in [6.45, 7) is 7.76. The number of rotatable bonds is 8. The van der Waals surface area contributed by atoms with Gasteiger partial charge in [-0.15, -0.1) is 6.58 Å². The molecule has 0 spiro atoms. The largest absolute Gasteiger partial charge is 0.465 e. The Morgan fingerprint density at radius 1 is 1.36 bits per heavy atom. The monoisotopic (exact) mass is 309 g/mol. The zero-order chi connectivity index (χ0) is 16.4.